The molecule has 162 valence electrons. The minimum atomic E-state index is -0.136. The molecule has 7 heteroatoms. The van der Waals surface area contributed by atoms with Crippen LogP contribution in [-0.2, 0) is 11.2 Å². The first-order valence-electron chi connectivity index (χ1n) is 10.8. The van der Waals surface area contributed by atoms with Gasteiger partial charge in [0.2, 0.25) is 5.91 Å². The second kappa shape index (κ2) is 9.96. The third-order valence-electron chi connectivity index (χ3n) is 5.64. The number of H-pyrrole nitrogens is 1. The van der Waals surface area contributed by atoms with Crippen molar-refractivity contribution >= 4 is 28.4 Å². The van der Waals surface area contributed by atoms with Crippen molar-refractivity contribution in [1.82, 2.24) is 15.3 Å². The molecule has 1 aliphatic carbocycles. The Kier molecular flexibility index (Phi) is 6.87. The molecule has 31 heavy (non-hydrogen) atoms. The SMILES string of the molecule is O=C(CCCc1nc2ccccc2c(=O)[nH]1)NC1CCC(Oc2ccc(Cl)cc2)CC1. The minimum Gasteiger partial charge on any atom is -0.490 e. The number of carbonyl (C=O) groups excluding carboxylic acids is 1. The van der Waals surface area contributed by atoms with Crippen molar-refractivity contribution in [1.29, 1.82) is 0 Å². The standard InChI is InChI=1S/C24H26ClN3O3/c25-16-8-12-18(13-9-16)31-19-14-10-17(11-15-19)26-23(29)7-3-6-22-27-21-5-2-1-4-20(21)24(30)28-22/h1-2,4-5,8-9,12-13,17,19H,3,6-7,10-11,14-15H2,(H,26,29)(H,27,28,30). The van der Waals surface area contributed by atoms with Gasteiger partial charge in [-0.1, -0.05) is 23.7 Å². The molecule has 2 aromatic carbocycles. The van der Waals surface area contributed by atoms with Gasteiger partial charge in [0.1, 0.15) is 11.6 Å². The van der Waals surface area contributed by atoms with Crippen molar-refractivity contribution in [3.8, 4) is 5.75 Å². The lowest BCUT2D eigenvalue weighted by Crippen LogP contribution is -2.39. The van der Waals surface area contributed by atoms with Crippen molar-refractivity contribution in [2.24, 2.45) is 0 Å². The molecular weight excluding hydrogens is 414 g/mol. The van der Waals surface area contributed by atoms with Gasteiger partial charge in [-0.25, -0.2) is 4.98 Å². The molecule has 1 saturated carbocycles. The summed E-state index contributed by atoms with van der Waals surface area (Å²) in [7, 11) is 0. The number of ether oxygens (including phenoxy) is 1. The Morgan fingerprint density at radius 2 is 1.84 bits per heavy atom. The predicted molar refractivity (Wildman–Crippen MR) is 122 cm³/mol. The summed E-state index contributed by atoms with van der Waals surface area (Å²) < 4.78 is 6.01. The molecule has 3 aromatic rings. The molecular formula is C24H26ClN3O3. The van der Waals surface area contributed by atoms with Crippen LogP contribution in [0, 0.1) is 0 Å². The van der Waals surface area contributed by atoms with Crippen molar-refractivity contribution in [2.75, 3.05) is 0 Å². The van der Waals surface area contributed by atoms with Crippen LogP contribution in [0.15, 0.2) is 53.3 Å². The number of rotatable bonds is 7. The highest BCUT2D eigenvalue weighted by atomic mass is 35.5. The zero-order valence-corrected chi connectivity index (χ0v) is 18.0. The van der Waals surface area contributed by atoms with Crippen LogP contribution in [0.25, 0.3) is 10.9 Å². The number of hydrogen-bond donors (Lipinski definition) is 2. The number of benzene rings is 2. The molecule has 0 spiro atoms. The number of halogens is 1. The van der Waals surface area contributed by atoms with E-state index >= 15 is 0 Å². The Balaban J connectivity index is 1.19. The topological polar surface area (TPSA) is 84.1 Å². The van der Waals surface area contributed by atoms with Gasteiger partial charge in [0.05, 0.1) is 17.0 Å². The number of carbonyl (C=O) groups is 1. The Morgan fingerprint density at radius 3 is 2.61 bits per heavy atom. The molecule has 1 heterocycles. The molecule has 0 saturated heterocycles. The summed E-state index contributed by atoms with van der Waals surface area (Å²) in [5.74, 6) is 1.50. The third kappa shape index (κ3) is 5.85. The number of para-hydroxylation sites is 1. The van der Waals surface area contributed by atoms with Crippen LogP contribution >= 0.6 is 11.6 Å². The highest BCUT2D eigenvalue weighted by molar-refractivity contribution is 6.30. The van der Waals surface area contributed by atoms with Crippen LogP contribution in [-0.4, -0.2) is 28.0 Å². The van der Waals surface area contributed by atoms with Gasteiger partial charge in [0.15, 0.2) is 0 Å². The average molecular weight is 440 g/mol. The molecule has 0 atom stereocenters. The van der Waals surface area contributed by atoms with E-state index in [9.17, 15) is 9.59 Å². The average Bonchev–Trinajstić information content (AvgIpc) is 2.77. The highest BCUT2D eigenvalue weighted by Crippen LogP contribution is 2.25. The smallest absolute Gasteiger partial charge is 0.258 e. The van der Waals surface area contributed by atoms with Gasteiger partial charge in [-0.2, -0.15) is 0 Å². The van der Waals surface area contributed by atoms with Crippen molar-refractivity contribution in [2.45, 2.75) is 57.1 Å². The molecule has 1 fully saturated rings. The Hall–Kier alpha value is -2.86. The maximum Gasteiger partial charge on any atom is 0.258 e. The lowest BCUT2D eigenvalue weighted by Gasteiger charge is -2.29. The second-order valence-electron chi connectivity index (χ2n) is 8.00. The lowest BCUT2D eigenvalue weighted by molar-refractivity contribution is -0.122. The van der Waals surface area contributed by atoms with Crippen LogP contribution in [0.3, 0.4) is 0 Å². The quantitative estimate of drug-likeness (QED) is 0.571. The van der Waals surface area contributed by atoms with Crippen LogP contribution in [0.5, 0.6) is 5.75 Å². The second-order valence-corrected chi connectivity index (χ2v) is 8.43. The van der Waals surface area contributed by atoms with Gasteiger partial charge in [-0.15, -0.1) is 0 Å². The summed E-state index contributed by atoms with van der Waals surface area (Å²) in [4.78, 5) is 31.8. The van der Waals surface area contributed by atoms with Gasteiger partial charge < -0.3 is 15.0 Å². The Morgan fingerprint density at radius 1 is 1.10 bits per heavy atom. The van der Waals surface area contributed by atoms with Crippen LogP contribution in [0.4, 0.5) is 0 Å². The summed E-state index contributed by atoms with van der Waals surface area (Å²) >= 11 is 5.91. The fourth-order valence-electron chi connectivity index (χ4n) is 4.00. The largest absolute Gasteiger partial charge is 0.490 e. The molecule has 2 N–H and O–H groups in total. The monoisotopic (exact) mass is 439 g/mol. The number of aromatic nitrogens is 2. The number of aromatic amines is 1. The Bertz CT molecular complexity index is 1090. The Labute approximate surface area is 186 Å². The van der Waals surface area contributed by atoms with E-state index in [1.807, 2.05) is 42.5 Å². The summed E-state index contributed by atoms with van der Waals surface area (Å²) in [6, 6.07) is 14.9. The first-order chi connectivity index (χ1) is 15.1. The first kappa shape index (κ1) is 21.4. The van der Waals surface area contributed by atoms with Crippen molar-refractivity contribution in [3.05, 3.63) is 69.7 Å². The van der Waals surface area contributed by atoms with Gasteiger partial charge >= 0.3 is 0 Å². The molecule has 4 rings (SSSR count). The van der Waals surface area contributed by atoms with Crippen LogP contribution in [0.1, 0.15) is 44.3 Å². The van der Waals surface area contributed by atoms with E-state index in [1.54, 1.807) is 6.07 Å². The minimum absolute atomic E-state index is 0.0465. The van der Waals surface area contributed by atoms with Gasteiger partial charge in [0.25, 0.3) is 5.56 Å². The number of amides is 1. The zero-order valence-electron chi connectivity index (χ0n) is 17.3. The fourth-order valence-corrected chi connectivity index (χ4v) is 4.13. The molecule has 1 amide bonds. The van der Waals surface area contributed by atoms with Crippen LogP contribution < -0.4 is 15.6 Å². The number of hydrogen-bond acceptors (Lipinski definition) is 4. The van der Waals surface area contributed by atoms with Gasteiger partial charge in [-0.3, -0.25) is 9.59 Å². The number of nitrogens with zero attached hydrogens (tertiary/aromatic N) is 1. The molecule has 1 aliphatic rings. The maximum absolute atomic E-state index is 12.3. The predicted octanol–water partition coefficient (Wildman–Crippen LogP) is 4.41. The maximum atomic E-state index is 12.3. The van der Waals surface area contributed by atoms with Crippen molar-refractivity contribution < 1.29 is 9.53 Å². The summed E-state index contributed by atoms with van der Waals surface area (Å²) in [5.41, 5.74) is 0.547. The number of nitrogens with one attached hydrogen (secondary N) is 2. The first-order valence-corrected chi connectivity index (χ1v) is 11.1. The van der Waals surface area contributed by atoms with E-state index in [0.717, 1.165) is 31.4 Å². The third-order valence-corrected chi connectivity index (χ3v) is 5.89. The summed E-state index contributed by atoms with van der Waals surface area (Å²) in [5, 5.41) is 4.41. The van der Waals surface area contributed by atoms with E-state index in [4.69, 9.17) is 16.3 Å². The van der Waals surface area contributed by atoms with Gasteiger partial charge in [-0.05, 0) is 68.5 Å². The lowest BCUT2D eigenvalue weighted by atomic mass is 9.92. The normalized spacial score (nSPS) is 18.6. The molecule has 0 aliphatic heterocycles. The molecule has 1 aromatic heterocycles. The van der Waals surface area contributed by atoms with Crippen molar-refractivity contribution in [3.63, 3.8) is 0 Å². The molecule has 0 bridgehead atoms. The van der Waals surface area contributed by atoms with E-state index < -0.39 is 0 Å². The molecule has 6 nitrogen and oxygen atoms in total. The number of fused-ring (bicyclic) bond motifs is 1. The molecule has 0 radical (unpaired) electrons. The van der Waals surface area contributed by atoms with Crippen LogP contribution in [0.2, 0.25) is 5.02 Å². The summed E-state index contributed by atoms with van der Waals surface area (Å²) in [6.45, 7) is 0. The fraction of sp³-hybridized carbons (Fsp3) is 0.375. The molecule has 0 unspecified atom stereocenters. The zero-order chi connectivity index (χ0) is 21.6. The van der Waals surface area contributed by atoms with E-state index in [1.165, 1.54) is 0 Å². The highest BCUT2D eigenvalue weighted by Gasteiger charge is 2.23. The number of aryl methyl sites for hydroxylation is 1. The van der Waals surface area contributed by atoms with E-state index in [2.05, 4.69) is 15.3 Å². The van der Waals surface area contributed by atoms with Gasteiger partial charge in [0, 0.05) is 23.9 Å². The summed E-state index contributed by atoms with van der Waals surface area (Å²) in [6.07, 6.45) is 5.43. The van der Waals surface area contributed by atoms with E-state index in [0.29, 0.717) is 41.0 Å². The van der Waals surface area contributed by atoms with E-state index in [-0.39, 0.29) is 23.6 Å².